The second-order valence-corrected chi connectivity index (χ2v) is 12.3. The molecular formula is C30H36FN3O4S. The smallest absolute Gasteiger partial charge is 0.264 e. The summed E-state index contributed by atoms with van der Waals surface area (Å²) in [4.78, 5) is 28.7. The first-order chi connectivity index (χ1) is 18.3. The molecule has 3 rings (SSSR count). The summed E-state index contributed by atoms with van der Waals surface area (Å²) in [5.41, 5.74) is 1.54. The highest BCUT2D eigenvalue weighted by Crippen LogP contribution is 2.25. The van der Waals surface area contributed by atoms with Crippen LogP contribution in [-0.2, 0) is 26.2 Å². The molecule has 7 nitrogen and oxygen atoms in total. The van der Waals surface area contributed by atoms with Crippen LogP contribution in [-0.4, -0.2) is 43.3 Å². The van der Waals surface area contributed by atoms with Crippen molar-refractivity contribution in [3.8, 4) is 0 Å². The zero-order valence-corrected chi connectivity index (χ0v) is 23.8. The lowest BCUT2D eigenvalue weighted by Gasteiger charge is -2.35. The van der Waals surface area contributed by atoms with Crippen LogP contribution in [0.15, 0.2) is 83.8 Å². The van der Waals surface area contributed by atoms with Crippen molar-refractivity contribution in [3.05, 3.63) is 95.8 Å². The van der Waals surface area contributed by atoms with Crippen molar-refractivity contribution in [1.29, 1.82) is 0 Å². The second kappa shape index (κ2) is 12.4. The fraction of sp³-hybridized carbons (Fsp3) is 0.333. The molecule has 3 aromatic rings. The van der Waals surface area contributed by atoms with Crippen LogP contribution in [0, 0.1) is 12.7 Å². The average molecular weight is 554 g/mol. The molecule has 3 aromatic carbocycles. The average Bonchev–Trinajstić information content (AvgIpc) is 2.87. The van der Waals surface area contributed by atoms with Gasteiger partial charge in [-0.3, -0.25) is 13.9 Å². The summed E-state index contributed by atoms with van der Waals surface area (Å²) < 4.78 is 42.0. The summed E-state index contributed by atoms with van der Waals surface area (Å²) >= 11 is 0. The van der Waals surface area contributed by atoms with E-state index in [2.05, 4.69) is 5.32 Å². The minimum Gasteiger partial charge on any atom is -0.350 e. The van der Waals surface area contributed by atoms with Gasteiger partial charge in [-0.1, -0.05) is 49.4 Å². The predicted molar refractivity (Wildman–Crippen MR) is 151 cm³/mol. The first kappa shape index (κ1) is 29.8. The molecule has 0 radical (unpaired) electrons. The molecule has 1 unspecified atom stereocenters. The maximum Gasteiger partial charge on any atom is 0.264 e. The maximum atomic E-state index is 14.0. The molecule has 0 fully saturated rings. The maximum absolute atomic E-state index is 14.0. The van der Waals surface area contributed by atoms with E-state index < -0.39 is 39.9 Å². The van der Waals surface area contributed by atoms with E-state index in [9.17, 15) is 22.4 Å². The number of amides is 2. The number of hydrogen-bond donors (Lipinski definition) is 1. The zero-order valence-electron chi connectivity index (χ0n) is 23.0. The van der Waals surface area contributed by atoms with E-state index in [0.29, 0.717) is 6.42 Å². The number of benzene rings is 3. The van der Waals surface area contributed by atoms with Crippen LogP contribution in [0.1, 0.15) is 45.2 Å². The van der Waals surface area contributed by atoms with Gasteiger partial charge < -0.3 is 10.2 Å². The molecule has 0 heterocycles. The Balaban J connectivity index is 2.06. The summed E-state index contributed by atoms with van der Waals surface area (Å²) in [7, 11) is -4.24. The van der Waals surface area contributed by atoms with E-state index in [-0.39, 0.29) is 23.0 Å². The van der Waals surface area contributed by atoms with Gasteiger partial charge in [0.15, 0.2) is 0 Å². The van der Waals surface area contributed by atoms with Crippen molar-refractivity contribution in [1.82, 2.24) is 10.2 Å². The Morgan fingerprint density at radius 3 is 2.08 bits per heavy atom. The highest BCUT2D eigenvalue weighted by Gasteiger charge is 2.34. The fourth-order valence-corrected chi connectivity index (χ4v) is 5.61. The highest BCUT2D eigenvalue weighted by atomic mass is 32.2. The van der Waals surface area contributed by atoms with Crippen LogP contribution in [0.25, 0.3) is 0 Å². The van der Waals surface area contributed by atoms with Crippen molar-refractivity contribution in [2.45, 2.75) is 64.1 Å². The molecule has 0 saturated carbocycles. The number of nitrogens with one attached hydrogen (secondary N) is 1. The third kappa shape index (κ3) is 7.66. The first-order valence-corrected chi connectivity index (χ1v) is 14.3. The molecule has 39 heavy (non-hydrogen) atoms. The molecule has 0 saturated heterocycles. The van der Waals surface area contributed by atoms with Crippen molar-refractivity contribution in [3.63, 3.8) is 0 Å². The van der Waals surface area contributed by atoms with Gasteiger partial charge in [0.05, 0.1) is 10.6 Å². The molecule has 0 aliphatic heterocycles. The number of nitrogens with zero attached hydrogens (tertiary/aromatic N) is 2. The van der Waals surface area contributed by atoms with E-state index in [1.807, 2.05) is 58.9 Å². The SMILES string of the molecule is CCC(C(=O)NC(C)(C)C)N(Cc1ccccc1C)C(=O)CN(c1ccccc1)S(=O)(=O)c1ccc(F)cc1. The number of anilines is 1. The molecule has 0 aromatic heterocycles. The Morgan fingerprint density at radius 1 is 0.923 bits per heavy atom. The van der Waals surface area contributed by atoms with Crippen molar-refractivity contribution < 1.29 is 22.4 Å². The minimum atomic E-state index is -4.24. The van der Waals surface area contributed by atoms with Crippen LogP contribution in [0.3, 0.4) is 0 Å². The van der Waals surface area contributed by atoms with Gasteiger partial charge in [-0.25, -0.2) is 12.8 Å². The molecule has 1 atom stereocenters. The summed E-state index contributed by atoms with van der Waals surface area (Å²) in [5, 5.41) is 2.95. The highest BCUT2D eigenvalue weighted by molar-refractivity contribution is 7.92. The fourth-order valence-electron chi connectivity index (χ4n) is 4.20. The summed E-state index contributed by atoms with van der Waals surface area (Å²) in [6.07, 6.45) is 0.329. The van der Waals surface area contributed by atoms with Gasteiger partial charge in [0, 0.05) is 12.1 Å². The van der Waals surface area contributed by atoms with E-state index in [1.54, 1.807) is 30.3 Å². The molecule has 0 aliphatic rings. The third-order valence-corrected chi connectivity index (χ3v) is 8.00. The Bertz CT molecular complexity index is 1390. The van der Waals surface area contributed by atoms with Crippen LogP contribution in [0.2, 0.25) is 0 Å². The number of halogens is 1. The van der Waals surface area contributed by atoms with E-state index >= 15 is 0 Å². The van der Waals surface area contributed by atoms with Gasteiger partial charge in [0.2, 0.25) is 11.8 Å². The zero-order chi connectivity index (χ0) is 28.8. The normalized spacial score (nSPS) is 12.5. The van der Waals surface area contributed by atoms with Crippen LogP contribution in [0.5, 0.6) is 0 Å². The molecule has 2 amide bonds. The van der Waals surface area contributed by atoms with Gasteiger partial charge >= 0.3 is 0 Å². The lowest BCUT2D eigenvalue weighted by molar-refractivity contribution is -0.141. The van der Waals surface area contributed by atoms with E-state index in [0.717, 1.165) is 27.6 Å². The number of carbonyl (C=O) groups is 2. The number of carbonyl (C=O) groups excluding carboxylic acids is 2. The molecule has 208 valence electrons. The molecule has 1 N–H and O–H groups in total. The molecule has 0 aliphatic carbocycles. The van der Waals surface area contributed by atoms with Crippen molar-refractivity contribution in [2.24, 2.45) is 0 Å². The number of rotatable bonds is 10. The number of hydrogen-bond acceptors (Lipinski definition) is 4. The van der Waals surface area contributed by atoms with Gasteiger partial charge in [-0.05, 0) is 81.6 Å². The van der Waals surface area contributed by atoms with Crippen LogP contribution >= 0.6 is 0 Å². The van der Waals surface area contributed by atoms with E-state index in [1.165, 1.54) is 17.0 Å². The Hall–Kier alpha value is -3.72. The second-order valence-electron chi connectivity index (χ2n) is 10.4. The monoisotopic (exact) mass is 553 g/mol. The summed E-state index contributed by atoms with van der Waals surface area (Å²) in [6.45, 7) is 8.89. The summed E-state index contributed by atoms with van der Waals surface area (Å²) in [5.74, 6) is -1.43. The summed E-state index contributed by atoms with van der Waals surface area (Å²) in [6, 6.07) is 19.4. The van der Waals surface area contributed by atoms with Gasteiger partial charge in [-0.2, -0.15) is 0 Å². The molecule has 0 bridgehead atoms. The molecule has 9 heteroatoms. The standard InChI is InChI=1S/C30H36FN3O4S/c1-6-27(29(36)32-30(3,4)5)33(20-23-13-11-10-12-22(23)2)28(35)21-34(25-14-8-7-9-15-25)39(37,38)26-18-16-24(31)17-19-26/h7-19,27H,6,20-21H2,1-5H3,(H,32,36). The lowest BCUT2D eigenvalue weighted by Crippen LogP contribution is -2.55. The van der Waals surface area contributed by atoms with E-state index in [4.69, 9.17) is 0 Å². The van der Waals surface area contributed by atoms with Crippen molar-refractivity contribution in [2.75, 3.05) is 10.8 Å². The van der Waals surface area contributed by atoms with Crippen LogP contribution in [0.4, 0.5) is 10.1 Å². The topological polar surface area (TPSA) is 86.8 Å². The lowest BCUT2D eigenvalue weighted by atomic mass is 10.0. The quantitative estimate of drug-likeness (QED) is 0.381. The number of para-hydroxylation sites is 1. The largest absolute Gasteiger partial charge is 0.350 e. The minimum absolute atomic E-state index is 0.126. The van der Waals surface area contributed by atoms with Crippen LogP contribution < -0.4 is 9.62 Å². The van der Waals surface area contributed by atoms with Gasteiger partial charge in [0.1, 0.15) is 18.4 Å². The Labute approximate surface area is 230 Å². The molecule has 0 spiro atoms. The Morgan fingerprint density at radius 2 is 1.51 bits per heavy atom. The predicted octanol–water partition coefficient (Wildman–Crippen LogP) is 5.05. The Kier molecular flexibility index (Phi) is 9.50. The van der Waals surface area contributed by atoms with Gasteiger partial charge in [0.25, 0.3) is 10.0 Å². The third-order valence-electron chi connectivity index (χ3n) is 6.21. The van der Waals surface area contributed by atoms with Gasteiger partial charge in [-0.15, -0.1) is 0 Å². The number of aryl methyl sites for hydroxylation is 1. The number of sulfonamides is 1. The molecular weight excluding hydrogens is 517 g/mol. The first-order valence-electron chi connectivity index (χ1n) is 12.8. The van der Waals surface area contributed by atoms with Crippen molar-refractivity contribution >= 4 is 27.5 Å².